The van der Waals surface area contributed by atoms with Crippen LogP contribution in [0, 0.1) is 11.3 Å². The summed E-state index contributed by atoms with van der Waals surface area (Å²) in [5.41, 5.74) is 0.574. The minimum absolute atomic E-state index is 0.211. The van der Waals surface area contributed by atoms with E-state index in [1.165, 1.54) is 0 Å². The second kappa shape index (κ2) is 4.74. The van der Waals surface area contributed by atoms with E-state index in [2.05, 4.69) is 44.9 Å². The van der Waals surface area contributed by atoms with Crippen molar-refractivity contribution < 1.29 is 4.43 Å². The fraction of sp³-hybridized carbons (Fsp3) is 0.538. The first-order valence-corrected chi connectivity index (χ1v) is 9.97. The maximum Gasteiger partial charge on any atom is 0.195 e. The van der Waals surface area contributed by atoms with E-state index < -0.39 is 8.32 Å². The fourth-order valence-corrected chi connectivity index (χ4v) is 3.37. The van der Waals surface area contributed by atoms with Gasteiger partial charge in [-0.2, -0.15) is 5.26 Å². The molecule has 4 nitrogen and oxygen atoms in total. The number of nitriles is 1. The first kappa shape index (κ1) is 14.3. The molecule has 0 aliphatic rings. The third kappa shape index (κ3) is 2.73. The van der Waals surface area contributed by atoms with Gasteiger partial charge in [-0.15, -0.1) is 0 Å². The molecule has 0 aliphatic heterocycles. The molecule has 0 saturated carbocycles. The van der Waals surface area contributed by atoms with Crippen molar-refractivity contribution in [3.8, 4) is 6.07 Å². The van der Waals surface area contributed by atoms with Crippen LogP contribution in [-0.2, 0) is 11.0 Å². The Kier molecular flexibility index (Phi) is 3.56. The number of imidazole rings is 1. The zero-order valence-electron chi connectivity index (χ0n) is 12.0. The van der Waals surface area contributed by atoms with Crippen molar-refractivity contribution in [1.29, 1.82) is 5.26 Å². The van der Waals surface area contributed by atoms with Crippen LogP contribution in [0.25, 0.3) is 4.96 Å². The van der Waals surface area contributed by atoms with Gasteiger partial charge in [0, 0.05) is 11.1 Å². The smallest absolute Gasteiger partial charge is 0.195 e. The lowest BCUT2D eigenvalue weighted by molar-refractivity contribution is 0.279. The highest BCUT2D eigenvalue weighted by molar-refractivity contribution is 7.17. The number of aromatic nitrogens is 2. The summed E-state index contributed by atoms with van der Waals surface area (Å²) in [5.74, 6) is 0. The van der Waals surface area contributed by atoms with Crippen molar-refractivity contribution in [3.63, 3.8) is 0 Å². The van der Waals surface area contributed by atoms with E-state index in [0.29, 0.717) is 12.3 Å². The van der Waals surface area contributed by atoms with Crippen LogP contribution in [0.1, 0.15) is 31.3 Å². The van der Waals surface area contributed by atoms with Crippen LogP contribution < -0.4 is 0 Å². The standard InChI is InChI=1S/C13H19N3OSSi/c1-13(2,3)19(4,5)17-9-11-8-16-10(6-14)7-15-12(16)18-11/h7-8H,9H2,1-5H3. The third-order valence-corrected chi connectivity index (χ3v) is 9.20. The molecule has 2 aromatic rings. The van der Waals surface area contributed by atoms with Crippen LogP contribution in [0.4, 0.5) is 0 Å². The highest BCUT2D eigenvalue weighted by Crippen LogP contribution is 2.37. The maximum absolute atomic E-state index is 8.97. The molecule has 0 unspecified atom stereocenters. The normalized spacial score (nSPS) is 12.8. The second-order valence-corrected chi connectivity index (χ2v) is 12.1. The Morgan fingerprint density at radius 1 is 1.47 bits per heavy atom. The Bertz CT molecular complexity index is 630. The zero-order valence-corrected chi connectivity index (χ0v) is 13.8. The third-order valence-electron chi connectivity index (χ3n) is 3.75. The van der Waals surface area contributed by atoms with Crippen LogP contribution >= 0.6 is 11.3 Å². The molecule has 0 saturated heterocycles. The topological polar surface area (TPSA) is 50.3 Å². The van der Waals surface area contributed by atoms with E-state index in [1.54, 1.807) is 17.5 Å². The van der Waals surface area contributed by atoms with Gasteiger partial charge in [0.2, 0.25) is 0 Å². The minimum Gasteiger partial charge on any atom is -0.412 e. The molecular weight excluding hydrogens is 274 g/mol. The van der Waals surface area contributed by atoms with Crippen LogP contribution in [0.15, 0.2) is 12.4 Å². The number of fused-ring (bicyclic) bond motifs is 1. The molecule has 6 heteroatoms. The number of nitrogens with zero attached hydrogens (tertiary/aromatic N) is 3. The van der Waals surface area contributed by atoms with Crippen molar-refractivity contribution in [2.75, 3.05) is 0 Å². The van der Waals surface area contributed by atoms with Gasteiger partial charge in [0.1, 0.15) is 11.8 Å². The summed E-state index contributed by atoms with van der Waals surface area (Å²) in [5, 5.41) is 9.18. The number of hydrogen-bond donors (Lipinski definition) is 0. The summed E-state index contributed by atoms with van der Waals surface area (Å²) in [6, 6.07) is 2.13. The molecule has 0 amide bonds. The summed E-state index contributed by atoms with van der Waals surface area (Å²) in [6.45, 7) is 11.8. The van der Waals surface area contributed by atoms with E-state index in [-0.39, 0.29) is 5.04 Å². The van der Waals surface area contributed by atoms with E-state index >= 15 is 0 Å². The lowest BCUT2D eigenvalue weighted by atomic mass is 10.2. The molecule has 19 heavy (non-hydrogen) atoms. The van der Waals surface area contributed by atoms with E-state index in [9.17, 15) is 0 Å². The molecule has 2 rings (SSSR count). The average molecular weight is 293 g/mol. The molecule has 0 radical (unpaired) electrons. The van der Waals surface area contributed by atoms with Gasteiger partial charge < -0.3 is 4.43 Å². The van der Waals surface area contributed by atoms with Crippen molar-refractivity contribution in [2.45, 2.75) is 45.5 Å². The van der Waals surface area contributed by atoms with E-state index in [1.807, 2.05) is 10.6 Å². The maximum atomic E-state index is 8.97. The van der Waals surface area contributed by atoms with Crippen LogP contribution in [0.2, 0.25) is 18.1 Å². The summed E-state index contributed by atoms with van der Waals surface area (Å²) < 4.78 is 8.01. The van der Waals surface area contributed by atoms with E-state index in [4.69, 9.17) is 9.69 Å². The number of rotatable bonds is 3. The Morgan fingerprint density at radius 2 is 2.16 bits per heavy atom. The van der Waals surface area contributed by atoms with Crippen molar-refractivity contribution in [3.05, 3.63) is 23.0 Å². The molecule has 0 spiro atoms. The van der Waals surface area contributed by atoms with E-state index in [0.717, 1.165) is 9.84 Å². The largest absolute Gasteiger partial charge is 0.412 e. The second-order valence-electron chi connectivity index (χ2n) is 6.15. The summed E-state index contributed by atoms with van der Waals surface area (Å²) >= 11 is 1.58. The number of hydrogen-bond acceptors (Lipinski definition) is 4. The van der Waals surface area contributed by atoms with Gasteiger partial charge in [0.15, 0.2) is 13.3 Å². The predicted octanol–water partition coefficient (Wildman–Crippen LogP) is 3.79. The van der Waals surface area contributed by atoms with Gasteiger partial charge in [-0.05, 0) is 18.1 Å². The summed E-state index contributed by atoms with van der Waals surface area (Å²) in [7, 11) is -1.73. The molecule has 0 aliphatic carbocycles. The molecule has 102 valence electrons. The van der Waals surface area contributed by atoms with Gasteiger partial charge in [0.25, 0.3) is 0 Å². The highest BCUT2D eigenvalue weighted by atomic mass is 32.1. The lowest BCUT2D eigenvalue weighted by Gasteiger charge is -2.35. The highest BCUT2D eigenvalue weighted by Gasteiger charge is 2.37. The van der Waals surface area contributed by atoms with Gasteiger partial charge in [-0.1, -0.05) is 32.1 Å². The SMILES string of the molecule is CC(C)(C)[Si](C)(C)OCc1cn2c(C#N)cnc2s1. The Labute approximate surface area is 118 Å². The summed E-state index contributed by atoms with van der Waals surface area (Å²) in [6.07, 6.45) is 3.56. The first-order chi connectivity index (χ1) is 8.74. The number of thiazole rings is 1. The van der Waals surface area contributed by atoms with Crippen LogP contribution in [-0.4, -0.2) is 17.7 Å². The quantitative estimate of drug-likeness (QED) is 0.809. The lowest BCUT2D eigenvalue weighted by Crippen LogP contribution is -2.40. The molecule has 0 atom stereocenters. The average Bonchev–Trinajstić information content (AvgIpc) is 2.83. The summed E-state index contributed by atoms with van der Waals surface area (Å²) in [4.78, 5) is 6.19. The molecule has 0 bridgehead atoms. The molecule has 0 fully saturated rings. The van der Waals surface area contributed by atoms with Crippen molar-refractivity contribution >= 4 is 24.6 Å². The van der Waals surface area contributed by atoms with Gasteiger partial charge in [-0.3, -0.25) is 4.40 Å². The zero-order chi connectivity index (χ0) is 14.3. The molecule has 2 aromatic heterocycles. The molecular formula is C13H19N3OSSi. The predicted molar refractivity (Wildman–Crippen MR) is 79.8 cm³/mol. The minimum atomic E-state index is -1.73. The van der Waals surface area contributed by atoms with Crippen molar-refractivity contribution in [1.82, 2.24) is 9.38 Å². The first-order valence-electron chi connectivity index (χ1n) is 6.24. The van der Waals surface area contributed by atoms with Gasteiger partial charge in [0.05, 0.1) is 12.8 Å². The Morgan fingerprint density at radius 3 is 2.74 bits per heavy atom. The van der Waals surface area contributed by atoms with Crippen LogP contribution in [0.5, 0.6) is 0 Å². The van der Waals surface area contributed by atoms with Gasteiger partial charge in [-0.25, -0.2) is 4.98 Å². The van der Waals surface area contributed by atoms with Gasteiger partial charge >= 0.3 is 0 Å². The fourth-order valence-electron chi connectivity index (χ4n) is 1.45. The monoisotopic (exact) mass is 293 g/mol. The molecule has 2 heterocycles. The van der Waals surface area contributed by atoms with Crippen LogP contribution in [0.3, 0.4) is 0 Å². The van der Waals surface area contributed by atoms with Crippen molar-refractivity contribution in [2.24, 2.45) is 0 Å². The Balaban J connectivity index is 2.15. The molecule has 0 N–H and O–H groups in total. The Hall–Kier alpha value is -1.16. The molecule has 0 aromatic carbocycles.